The lowest BCUT2D eigenvalue weighted by Gasteiger charge is -2.14. The van der Waals surface area contributed by atoms with Crippen molar-refractivity contribution >= 4 is 0 Å². The average Bonchev–Trinajstić information content (AvgIpc) is 2.72. The number of aryl methyl sites for hydroxylation is 1. The first-order valence-electron chi connectivity index (χ1n) is 5.37. The predicted molar refractivity (Wildman–Crippen MR) is 58.6 cm³/mol. The predicted octanol–water partition coefficient (Wildman–Crippen LogP) is 4.12. The van der Waals surface area contributed by atoms with E-state index in [0.717, 1.165) is 0 Å². The smallest absolute Gasteiger partial charge is 0.275 e. The first kappa shape index (κ1) is 14.4. The van der Waals surface area contributed by atoms with Crippen LogP contribution in [0.25, 0.3) is 11.3 Å². The molecule has 0 fully saturated rings. The largest absolute Gasteiger partial charge is 0.417 e. The third-order valence-electron chi connectivity index (χ3n) is 2.64. The molecule has 0 radical (unpaired) electrons. The number of hydrogen-bond donors (Lipinski definition) is 0. The highest BCUT2D eigenvalue weighted by Gasteiger charge is 2.37. The summed E-state index contributed by atoms with van der Waals surface area (Å²) in [6, 6.07) is 2.53. The lowest BCUT2D eigenvalue weighted by Crippen LogP contribution is -2.11. The van der Waals surface area contributed by atoms with Crippen molar-refractivity contribution in [3.8, 4) is 11.3 Å². The molecule has 0 amide bonds. The van der Waals surface area contributed by atoms with Gasteiger partial charge in [0.2, 0.25) is 0 Å². The van der Waals surface area contributed by atoms with E-state index in [-0.39, 0.29) is 5.69 Å². The van der Waals surface area contributed by atoms with Gasteiger partial charge >= 0.3 is 12.4 Å². The monoisotopic (exact) mass is 294 g/mol. The highest BCUT2D eigenvalue weighted by molar-refractivity contribution is 5.65. The number of rotatable bonds is 1. The number of halogens is 6. The van der Waals surface area contributed by atoms with Crippen molar-refractivity contribution in [1.82, 2.24) is 9.78 Å². The first-order chi connectivity index (χ1) is 9.09. The lowest BCUT2D eigenvalue weighted by atomic mass is 10.0. The topological polar surface area (TPSA) is 17.8 Å². The molecule has 2 rings (SSSR count). The number of nitrogens with zero attached hydrogens (tertiary/aromatic N) is 2. The molecule has 1 aromatic heterocycles. The molecule has 2 nitrogen and oxygen atoms in total. The lowest BCUT2D eigenvalue weighted by molar-refractivity contribution is -0.141. The average molecular weight is 294 g/mol. The van der Waals surface area contributed by atoms with Gasteiger partial charge in [-0.2, -0.15) is 31.4 Å². The third-order valence-corrected chi connectivity index (χ3v) is 2.64. The summed E-state index contributed by atoms with van der Waals surface area (Å²) in [5.74, 6) is 0. The molecule has 1 aromatic carbocycles. The van der Waals surface area contributed by atoms with Gasteiger partial charge in [0.15, 0.2) is 0 Å². The van der Waals surface area contributed by atoms with Crippen LogP contribution in [-0.2, 0) is 19.4 Å². The van der Waals surface area contributed by atoms with Crippen LogP contribution in [0.5, 0.6) is 0 Å². The van der Waals surface area contributed by atoms with E-state index in [1.165, 1.54) is 24.0 Å². The van der Waals surface area contributed by atoms with Crippen molar-refractivity contribution in [3.05, 3.63) is 41.6 Å². The molecule has 20 heavy (non-hydrogen) atoms. The van der Waals surface area contributed by atoms with E-state index in [4.69, 9.17) is 0 Å². The zero-order chi connectivity index (χ0) is 15.1. The van der Waals surface area contributed by atoms with Crippen LogP contribution in [0, 0.1) is 0 Å². The summed E-state index contributed by atoms with van der Waals surface area (Å²) in [7, 11) is 1.46. The van der Waals surface area contributed by atoms with Gasteiger partial charge < -0.3 is 0 Å². The highest BCUT2D eigenvalue weighted by Crippen LogP contribution is 2.40. The molecule has 0 unspecified atom stereocenters. The van der Waals surface area contributed by atoms with Gasteiger partial charge in [-0.25, -0.2) is 0 Å². The number of benzene rings is 1. The Kier molecular flexibility index (Phi) is 3.27. The summed E-state index contributed by atoms with van der Waals surface area (Å²) in [5, 5.41) is 3.73. The fraction of sp³-hybridized carbons (Fsp3) is 0.250. The molecule has 2 aromatic rings. The van der Waals surface area contributed by atoms with Crippen molar-refractivity contribution in [2.75, 3.05) is 0 Å². The second-order valence-corrected chi connectivity index (χ2v) is 4.13. The quantitative estimate of drug-likeness (QED) is 0.723. The Morgan fingerprint density at radius 2 is 1.60 bits per heavy atom. The molecule has 108 valence electrons. The number of aromatic nitrogens is 2. The molecule has 0 N–H and O–H groups in total. The third kappa shape index (κ3) is 2.78. The summed E-state index contributed by atoms with van der Waals surface area (Å²) >= 11 is 0. The molecule has 0 spiro atoms. The normalized spacial score (nSPS) is 12.8. The molecule has 0 aliphatic heterocycles. The number of hydrogen-bond acceptors (Lipinski definition) is 1. The summed E-state index contributed by atoms with van der Waals surface area (Å²) in [6.45, 7) is 0. The van der Waals surface area contributed by atoms with Crippen LogP contribution in [0.4, 0.5) is 26.3 Å². The van der Waals surface area contributed by atoms with E-state index in [1.54, 1.807) is 0 Å². The van der Waals surface area contributed by atoms with Crippen LogP contribution >= 0.6 is 0 Å². The minimum Gasteiger partial charge on any atom is -0.275 e. The Balaban J connectivity index is 2.66. The Hall–Kier alpha value is -1.99. The van der Waals surface area contributed by atoms with Crippen molar-refractivity contribution in [1.29, 1.82) is 0 Å². The van der Waals surface area contributed by atoms with Gasteiger partial charge in [0.05, 0.1) is 16.8 Å². The summed E-state index contributed by atoms with van der Waals surface area (Å²) < 4.78 is 77.6. The molecule has 0 aliphatic carbocycles. The van der Waals surface area contributed by atoms with Gasteiger partial charge in [-0.1, -0.05) is 0 Å². The van der Waals surface area contributed by atoms with Gasteiger partial charge in [0.25, 0.3) is 0 Å². The Labute approximate surface area is 109 Å². The SMILES string of the molecule is Cn1ccc(-c2cc(C(F)(F)F)ccc2C(F)(F)F)n1. The van der Waals surface area contributed by atoms with E-state index in [9.17, 15) is 26.3 Å². The molecule has 0 atom stereocenters. The fourth-order valence-electron chi connectivity index (χ4n) is 1.74. The van der Waals surface area contributed by atoms with Gasteiger partial charge in [-0.3, -0.25) is 4.68 Å². The second-order valence-electron chi connectivity index (χ2n) is 4.13. The summed E-state index contributed by atoms with van der Waals surface area (Å²) in [6.07, 6.45) is -8.11. The van der Waals surface area contributed by atoms with Crippen molar-refractivity contribution < 1.29 is 26.3 Å². The molecule has 1 heterocycles. The zero-order valence-electron chi connectivity index (χ0n) is 10.0. The Morgan fingerprint density at radius 3 is 2.05 bits per heavy atom. The van der Waals surface area contributed by atoms with Crippen LogP contribution in [-0.4, -0.2) is 9.78 Å². The maximum absolute atomic E-state index is 12.9. The Morgan fingerprint density at radius 1 is 0.950 bits per heavy atom. The molecule has 8 heteroatoms. The van der Waals surface area contributed by atoms with Gasteiger partial charge in [0.1, 0.15) is 0 Å². The van der Waals surface area contributed by atoms with Gasteiger partial charge in [-0.05, 0) is 24.3 Å². The van der Waals surface area contributed by atoms with Crippen LogP contribution in [0.2, 0.25) is 0 Å². The van der Waals surface area contributed by atoms with Gasteiger partial charge in [-0.15, -0.1) is 0 Å². The molecule has 0 saturated heterocycles. The minimum absolute atomic E-state index is 0.161. The van der Waals surface area contributed by atoms with Crippen LogP contribution in [0.3, 0.4) is 0 Å². The second kappa shape index (κ2) is 4.53. The Bertz CT molecular complexity index is 624. The fourth-order valence-corrected chi connectivity index (χ4v) is 1.74. The molecular formula is C12H8F6N2. The zero-order valence-corrected chi connectivity index (χ0v) is 10.0. The first-order valence-corrected chi connectivity index (χ1v) is 5.37. The molecule has 0 bridgehead atoms. The molecular weight excluding hydrogens is 286 g/mol. The summed E-state index contributed by atoms with van der Waals surface area (Å²) in [4.78, 5) is 0. The van der Waals surface area contributed by atoms with Crippen LogP contribution in [0.1, 0.15) is 11.1 Å². The minimum atomic E-state index is -4.75. The van der Waals surface area contributed by atoms with E-state index < -0.39 is 29.0 Å². The maximum Gasteiger partial charge on any atom is 0.417 e. The van der Waals surface area contributed by atoms with Crippen LogP contribution < -0.4 is 0 Å². The molecule has 0 saturated carbocycles. The maximum atomic E-state index is 12.9. The van der Waals surface area contributed by atoms with Gasteiger partial charge in [0, 0.05) is 18.8 Å². The van der Waals surface area contributed by atoms with Crippen molar-refractivity contribution in [2.24, 2.45) is 7.05 Å². The van der Waals surface area contributed by atoms with Crippen molar-refractivity contribution in [2.45, 2.75) is 12.4 Å². The van der Waals surface area contributed by atoms with Crippen molar-refractivity contribution in [3.63, 3.8) is 0 Å². The van der Waals surface area contributed by atoms with Crippen LogP contribution in [0.15, 0.2) is 30.5 Å². The summed E-state index contributed by atoms with van der Waals surface area (Å²) in [5.41, 5.74) is -3.05. The van der Waals surface area contributed by atoms with E-state index >= 15 is 0 Å². The van der Waals surface area contributed by atoms with E-state index in [1.807, 2.05) is 0 Å². The highest BCUT2D eigenvalue weighted by atomic mass is 19.4. The van der Waals surface area contributed by atoms with E-state index in [0.29, 0.717) is 18.2 Å². The van der Waals surface area contributed by atoms with E-state index in [2.05, 4.69) is 5.10 Å². The number of alkyl halides is 6. The standard InChI is InChI=1S/C12H8F6N2/c1-20-5-4-10(19-20)8-6-7(11(13,14)15)2-3-9(8)12(16,17)18/h2-6H,1H3. The molecule has 0 aliphatic rings.